The van der Waals surface area contributed by atoms with Gasteiger partial charge in [-0.3, -0.25) is 4.90 Å². The fraction of sp³-hybridized carbons (Fsp3) is 0.950. The lowest BCUT2D eigenvalue weighted by molar-refractivity contribution is -0.211. The number of carboxylic acid groups (broad SMARTS) is 1. The number of hydrogen-bond acceptors (Lipinski definition) is 6. The van der Waals surface area contributed by atoms with Gasteiger partial charge in [0.15, 0.2) is 0 Å². The number of nitrogens with zero attached hydrogens (tertiary/aromatic N) is 1. The smallest absolute Gasteiger partial charge is 0.475 e. The number of halogens is 3. The maximum atomic E-state index is 10.6. The van der Waals surface area contributed by atoms with Crippen LogP contribution in [0.5, 0.6) is 0 Å². The average Bonchev–Trinajstić information content (AvgIpc) is 2.72. The largest absolute Gasteiger partial charge is 0.490 e. The normalized spacial score (nSPS) is 28.4. The topological polar surface area (TPSA) is 77.5 Å². The average molecular weight is 439 g/mol. The lowest BCUT2D eigenvalue weighted by atomic mass is 9.82. The second-order valence-electron chi connectivity index (χ2n) is 8.59. The van der Waals surface area contributed by atoms with Crippen molar-refractivity contribution in [2.45, 2.75) is 62.4 Å². The van der Waals surface area contributed by atoms with Crippen LogP contribution >= 0.6 is 0 Å². The lowest BCUT2D eigenvalue weighted by Crippen LogP contribution is -2.68. The highest BCUT2D eigenvalue weighted by Gasteiger charge is 2.49. The summed E-state index contributed by atoms with van der Waals surface area (Å²) in [7, 11) is 0. The van der Waals surface area contributed by atoms with E-state index < -0.39 is 12.1 Å². The minimum atomic E-state index is -5.08. The highest BCUT2D eigenvalue weighted by atomic mass is 19.4. The molecule has 1 N–H and O–H groups in total. The van der Waals surface area contributed by atoms with Crippen molar-refractivity contribution in [1.29, 1.82) is 0 Å². The summed E-state index contributed by atoms with van der Waals surface area (Å²) in [5.74, 6) is -2.06. The fourth-order valence-corrected chi connectivity index (χ4v) is 4.53. The molecule has 10 heteroatoms. The van der Waals surface area contributed by atoms with Gasteiger partial charge < -0.3 is 24.1 Å². The molecular weight excluding hydrogens is 407 g/mol. The molecule has 0 aromatic carbocycles. The fourth-order valence-electron chi connectivity index (χ4n) is 4.53. The van der Waals surface area contributed by atoms with E-state index in [2.05, 4.69) is 4.90 Å². The predicted octanol–water partition coefficient (Wildman–Crippen LogP) is 2.48. The Balaban J connectivity index is 0.000000318. The number of alkyl halides is 3. The van der Waals surface area contributed by atoms with Crippen LogP contribution in [0.3, 0.4) is 0 Å². The molecular formula is C20H32F3NO6. The first-order chi connectivity index (χ1) is 14.3. The molecule has 4 fully saturated rings. The number of ether oxygens (including phenoxy) is 4. The Hall–Kier alpha value is -0.940. The van der Waals surface area contributed by atoms with Crippen molar-refractivity contribution in [3.63, 3.8) is 0 Å². The van der Waals surface area contributed by atoms with Gasteiger partial charge >= 0.3 is 12.1 Å². The molecule has 0 aromatic heterocycles. The predicted molar refractivity (Wildman–Crippen MR) is 100 cm³/mol. The number of carboxylic acids is 1. The first kappa shape index (κ1) is 23.7. The van der Waals surface area contributed by atoms with Gasteiger partial charge in [0.25, 0.3) is 0 Å². The Bertz CT molecular complexity index is 543. The summed E-state index contributed by atoms with van der Waals surface area (Å²) < 4.78 is 55.1. The number of aliphatic carboxylic acids is 1. The quantitative estimate of drug-likeness (QED) is 0.721. The molecule has 1 atom stereocenters. The van der Waals surface area contributed by atoms with Crippen LogP contribution in [0.2, 0.25) is 0 Å². The molecule has 1 spiro atoms. The summed E-state index contributed by atoms with van der Waals surface area (Å²) in [5, 5.41) is 7.12. The van der Waals surface area contributed by atoms with Gasteiger partial charge in [-0.25, -0.2) is 4.79 Å². The van der Waals surface area contributed by atoms with Crippen LogP contribution in [0.15, 0.2) is 0 Å². The Kier molecular flexibility index (Phi) is 8.37. The molecule has 30 heavy (non-hydrogen) atoms. The summed E-state index contributed by atoms with van der Waals surface area (Å²) in [6, 6.07) is 0.710. The zero-order valence-electron chi connectivity index (χ0n) is 17.2. The van der Waals surface area contributed by atoms with Gasteiger partial charge in [-0.05, 0) is 38.0 Å². The number of likely N-dealkylation sites (tertiary alicyclic amines) is 1. The monoisotopic (exact) mass is 439 g/mol. The molecule has 1 unspecified atom stereocenters. The maximum absolute atomic E-state index is 10.6. The van der Waals surface area contributed by atoms with E-state index in [1.165, 1.54) is 12.8 Å². The van der Waals surface area contributed by atoms with Crippen molar-refractivity contribution in [3.05, 3.63) is 0 Å². The zero-order chi connectivity index (χ0) is 21.6. The third kappa shape index (κ3) is 6.78. The Labute approximate surface area is 174 Å². The van der Waals surface area contributed by atoms with E-state index in [1.54, 1.807) is 0 Å². The molecule has 4 saturated heterocycles. The summed E-state index contributed by atoms with van der Waals surface area (Å²) in [4.78, 5) is 11.5. The van der Waals surface area contributed by atoms with Gasteiger partial charge in [-0.1, -0.05) is 0 Å². The maximum Gasteiger partial charge on any atom is 0.490 e. The minimum absolute atomic E-state index is 0.0803. The zero-order valence-corrected chi connectivity index (χ0v) is 17.2. The van der Waals surface area contributed by atoms with Gasteiger partial charge in [-0.2, -0.15) is 13.2 Å². The van der Waals surface area contributed by atoms with E-state index in [4.69, 9.17) is 28.8 Å². The number of hydrogen-bond donors (Lipinski definition) is 1. The van der Waals surface area contributed by atoms with Crippen LogP contribution in [-0.4, -0.2) is 92.6 Å². The molecule has 4 rings (SSSR count). The highest BCUT2D eigenvalue weighted by molar-refractivity contribution is 5.73. The molecule has 0 bridgehead atoms. The van der Waals surface area contributed by atoms with Crippen LogP contribution in [0.1, 0.15) is 38.5 Å². The van der Waals surface area contributed by atoms with E-state index in [0.29, 0.717) is 18.1 Å². The van der Waals surface area contributed by atoms with E-state index in [9.17, 15) is 13.2 Å². The van der Waals surface area contributed by atoms with Crippen molar-refractivity contribution in [1.82, 2.24) is 4.90 Å². The van der Waals surface area contributed by atoms with Crippen molar-refractivity contribution in [2.75, 3.05) is 52.7 Å². The molecule has 7 nitrogen and oxygen atoms in total. The molecule has 174 valence electrons. The summed E-state index contributed by atoms with van der Waals surface area (Å²) >= 11 is 0. The van der Waals surface area contributed by atoms with Gasteiger partial charge in [0.1, 0.15) is 0 Å². The molecule has 0 aromatic rings. The molecule has 0 aliphatic carbocycles. The van der Waals surface area contributed by atoms with Crippen LogP contribution in [0.4, 0.5) is 13.2 Å². The SMILES string of the molecule is C1CC(COC2CCOC3(C2)CN(C2CCOCC2)C3)CCO1.O=C(O)C(F)(F)F. The van der Waals surface area contributed by atoms with Crippen molar-refractivity contribution >= 4 is 5.97 Å². The second-order valence-corrected chi connectivity index (χ2v) is 8.59. The minimum Gasteiger partial charge on any atom is -0.475 e. The van der Waals surface area contributed by atoms with E-state index in [-0.39, 0.29) is 5.60 Å². The first-order valence-corrected chi connectivity index (χ1v) is 10.7. The van der Waals surface area contributed by atoms with Crippen molar-refractivity contribution in [3.8, 4) is 0 Å². The summed E-state index contributed by atoms with van der Waals surface area (Å²) in [6.07, 6.45) is 2.12. The molecule has 4 aliphatic heterocycles. The van der Waals surface area contributed by atoms with Crippen LogP contribution < -0.4 is 0 Å². The highest BCUT2D eigenvalue weighted by Crippen LogP contribution is 2.38. The van der Waals surface area contributed by atoms with Crippen LogP contribution in [-0.2, 0) is 23.7 Å². The summed E-state index contributed by atoms with van der Waals surface area (Å²) in [5.41, 5.74) is 0.0803. The van der Waals surface area contributed by atoms with Crippen molar-refractivity contribution in [2.24, 2.45) is 5.92 Å². The number of carbonyl (C=O) groups is 1. The van der Waals surface area contributed by atoms with Gasteiger partial charge in [-0.15, -0.1) is 0 Å². The van der Waals surface area contributed by atoms with Crippen LogP contribution in [0.25, 0.3) is 0 Å². The molecule has 0 radical (unpaired) electrons. The lowest BCUT2D eigenvalue weighted by Gasteiger charge is -2.56. The Morgan fingerprint density at radius 3 is 2.13 bits per heavy atom. The van der Waals surface area contributed by atoms with E-state index >= 15 is 0 Å². The summed E-state index contributed by atoms with van der Waals surface area (Å²) in [6.45, 7) is 7.62. The molecule has 4 aliphatic rings. The third-order valence-electron chi connectivity index (χ3n) is 6.29. The van der Waals surface area contributed by atoms with Gasteiger partial charge in [0, 0.05) is 65.2 Å². The molecule has 0 amide bonds. The van der Waals surface area contributed by atoms with Gasteiger partial charge in [0.2, 0.25) is 0 Å². The Morgan fingerprint density at radius 1 is 1.00 bits per heavy atom. The van der Waals surface area contributed by atoms with E-state index in [0.717, 1.165) is 78.4 Å². The molecule has 4 heterocycles. The van der Waals surface area contributed by atoms with Crippen LogP contribution in [0, 0.1) is 5.92 Å². The van der Waals surface area contributed by atoms with E-state index in [1.807, 2.05) is 0 Å². The second kappa shape index (κ2) is 10.6. The van der Waals surface area contributed by atoms with Crippen molar-refractivity contribution < 1.29 is 42.0 Å². The molecule has 0 saturated carbocycles. The first-order valence-electron chi connectivity index (χ1n) is 10.7. The van der Waals surface area contributed by atoms with Gasteiger partial charge in [0.05, 0.1) is 11.7 Å². The number of rotatable bonds is 4. The third-order valence-corrected chi connectivity index (χ3v) is 6.29. The Morgan fingerprint density at radius 2 is 1.57 bits per heavy atom. The standard InChI is InChI=1S/C18H31NO4.C2HF3O2/c1-6-20-7-2-15(1)12-22-17-5-10-23-18(11-17)13-19(14-18)16-3-8-21-9-4-16;3-2(4,5)1(6)7/h15-17H,1-14H2;(H,6,7).